The van der Waals surface area contributed by atoms with Crippen molar-refractivity contribution in [3.63, 3.8) is 0 Å². The van der Waals surface area contributed by atoms with Gasteiger partial charge in [0.15, 0.2) is 4.80 Å². The predicted molar refractivity (Wildman–Crippen MR) is 119 cm³/mol. The van der Waals surface area contributed by atoms with Gasteiger partial charge in [0.2, 0.25) is 11.8 Å². The van der Waals surface area contributed by atoms with E-state index in [4.69, 9.17) is 4.74 Å². The van der Waals surface area contributed by atoms with Crippen LogP contribution in [0.5, 0.6) is 0 Å². The molecule has 0 unspecified atom stereocenters. The molecule has 3 amide bonds. The van der Waals surface area contributed by atoms with Crippen LogP contribution in [0.4, 0.5) is 5.69 Å². The average Bonchev–Trinajstić information content (AvgIpc) is 3.27. The molecular weight excluding hydrogens is 430 g/mol. The zero-order chi connectivity index (χ0) is 23.0. The summed E-state index contributed by atoms with van der Waals surface area (Å²) in [6, 6.07) is 10.2. The van der Waals surface area contributed by atoms with Gasteiger partial charge in [-0.05, 0) is 55.3 Å². The Balaban J connectivity index is 1.73. The van der Waals surface area contributed by atoms with Crippen LogP contribution in [-0.4, -0.2) is 35.4 Å². The van der Waals surface area contributed by atoms with Crippen LogP contribution in [0.25, 0.3) is 10.2 Å². The molecule has 1 aliphatic rings. The van der Waals surface area contributed by atoms with Gasteiger partial charge in [-0.15, -0.1) is 0 Å². The number of hydrogen-bond acceptors (Lipinski definition) is 6. The molecule has 8 nitrogen and oxygen atoms in total. The highest BCUT2D eigenvalue weighted by Crippen LogP contribution is 2.25. The molecule has 1 aromatic heterocycles. The summed E-state index contributed by atoms with van der Waals surface area (Å²) in [5.74, 6) is -1.44. The van der Waals surface area contributed by atoms with Crippen LogP contribution < -0.4 is 9.70 Å². The van der Waals surface area contributed by atoms with Gasteiger partial charge in [-0.2, -0.15) is 4.99 Å². The van der Waals surface area contributed by atoms with E-state index in [1.165, 1.54) is 30.6 Å². The third kappa shape index (κ3) is 3.99. The summed E-state index contributed by atoms with van der Waals surface area (Å²) in [6.07, 6.45) is 0.389. The smallest absolute Gasteiger partial charge is 0.325 e. The zero-order valence-corrected chi connectivity index (χ0v) is 18.7. The van der Waals surface area contributed by atoms with Crippen LogP contribution >= 0.6 is 11.3 Å². The zero-order valence-electron chi connectivity index (χ0n) is 17.9. The Morgan fingerprint density at radius 2 is 1.72 bits per heavy atom. The van der Waals surface area contributed by atoms with Gasteiger partial charge in [0.05, 0.1) is 23.0 Å². The standard InChI is InChI=1S/C23H21N3O5S/c1-13-10-14(2)21-17(11-13)25(12-20(29)31-3)23(32-21)24-22(30)15-4-6-16(7-5-15)26-18(27)8-9-19(26)28/h4-7,10-11H,8-9,12H2,1-3H3. The van der Waals surface area contributed by atoms with Crippen molar-refractivity contribution in [3.8, 4) is 0 Å². The normalized spacial score (nSPS) is 14.5. The van der Waals surface area contributed by atoms with E-state index < -0.39 is 11.9 Å². The van der Waals surface area contributed by atoms with Crippen LogP contribution in [-0.2, 0) is 25.7 Å². The van der Waals surface area contributed by atoms with Gasteiger partial charge in [-0.25, -0.2) is 0 Å². The lowest BCUT2D eigenvalue weighted by Crippen LogP contribution is -2.28. The van der Waals surface area contributed by atoms with Crippen LogP contribution in [0, 0.1) is 13.8 Å². The van der Waals surface area contributed by atoms with Gasteiger partial charge < -0.3 is 9.30 Å². The molecule has 1 fully saturated rings. The number of aromatic nitrogens is 1. The molecule has 2 heterocycles. The Morgan fingerprint density at radius 1 is 1.06 bits per heavy atom. The lowest BCUT2D eigenvalue weighted by molar-refractivity contribution is -0.141. The number of fused-ring (bicyclic) bond motifs is 1. The summed E-state index contributed by atoms with van der Waals surface area (Å²) < 4.78 is 7.43. The second kappa shape index (κ2) is 8.51. The third-order valence-electron chi connectivity index (χ3n) is 5.25. The van der Waals surface area contributed by atoms with Crippen molar-refractivity contribution in [2.24, 2.45) is 4.99 Å². The quantitative estimate of drug-likeness (QED) is 0.449. The number of carbonyl (C=O) groups is 4. The number of thiazole rings is 1. The first-order valence-corrected chi connectivity index (χ1v) is 10.8. The number of benzene rings is 2. The molecule has 0 N–H and O–H groups in total. The van der Waals surface area contributed by atoms with Crippen molar-refractivity contribution in [2.75, 3.05) is 12.0 Å². The molecule has 3 aromatic rings. The maximum absolute atomic E-state index is 12.9. The van der Waals surface area contributed by atoms with E-state index in [9.17, 15) is 19.2 Å². The number of anilines is 1. The van der Waals surface area contributed by atoms with Gasteiger partial charge in [0.25, 0.3) is 5.91 Å². The van der Waals surface area contributed by atoms with E-state index in [0.29, 0.717) is 16.1 Å². The SMILES string of the molecule is COC(=O)Cn1c(=NC(=O)c2ccc(N3C(=O)CCC3=O)cc2)sc2c(C)cc(C)cc21. The van der Waals surface area contributed by atoms with E-state index in [1.54, 1.807) is 16.7 Å². The number of amides is 3. The number of nitrogens with zero attached hydrogens (tertiary/aromatic N) is 3. The molecule has 0 spiro atoms. The first kappa shape index (κ1) is 21.6. The number of methoxy groups -OCH3 is 1. The minimum atomic E-state index is -0.491. The summed E-state index contributed by atoms with van der Waals surface area (Å²) in [6.45, 7) is 3.87. The Labute approximate surface area is 187 Å². The van der Waals surface area contributed by atoms with Crippen molar-refractivity contribution in [1.29, 1.82) is 0 Å². The molecule has 9 heteroatoms. The van der Waals surface area contributed by atoms with Gasteiger partial charge >= 0.3 is 5.97 Å². The first-order valence-electron chi connectivity index (χ1n) is 10.0. The van der Waals surface area contributed by atoms with Crippen molar-refractivity contribution >= 4 is 50.9 Å². The van der Waals surface area contributed by atoms with Crippen molar-refractivity contribution in [3.05, 3.63) is 57.9 Å². The van der Waals surface area contributed by atoms with E-state index in [-0.39, 0.29) is 31.2 Å². The Bertz CT molecular complexity index is 1320. The summed E-state index contributed by atoms with van der Waals surface area (Å²) in [5.41, 5.74) is 3.61. The molecule has 164 valence electrons. The molecule has 0 radical (unpaired) electrons. The average molecular weight is 452 g/mol. The van der Waals surface area contributed by atoms with Crippen molar-refractivity contribution < 1.29 is 23.9 Å². The summed E-state index contributed by atoms with van der Waals surface area (Å²) in [4.78, 5) is 54.5. The number of esters is 1. The molecule has 32 heavy (non-hydrogen) atoms. The molecule has 0 bridgehead atoms. The van der Waals surface area contributed by atoms with Gasteiger partial charge in [0.1, 0.15) is 6.54 Å². The van der Waals surface area contributed by atoms with E-state index in [1.807, 2.05) is 26.0 Å². The molecule has 0 aliphatic carbocycles. The fourth-order valence-electron chi connectivity index (χ4n) is 3.71. The summed E-state index contributed by atoms with van der Waals surface area (Å²) in [7, 11) is 1.31. The maximum atomic E-state index is 12.9. The number of imide groups is 1. The molecule has 1 aliphatic heterocycles. The van der Waals surface area contributed by atoms with Gasteiger partial charge in [-0.1, -0.05) is 17.4 Å². The number of hydrogen-bond donors (Lipinski definition) is 0. The van der Waals surface area contributed by atoms with Crippen molar-refractivity contribution in [1.82, 2.24) is 4.57 Å². The van der Waals surface area contributed by atoms with Crippen LogP contribution in [0.1, 0.15) is 34.3 Å². The second-order valence-electron chi connectivity index (χ2n) is 7.56. The molecule has 4 rings (SSSR count). The fourth-order valence-corrected chi connectivity index (χ4v) is 4.79. The van der Waals surface area contributed by atoms with E-state index in [0.717, 1.165) is 26.2 Å². The Morgan fingerprint density at radius 3 is 2.34 bits per heavy atom. The Hall–Kier alpha value is -3.59. The van der Waals surface area contributed by atoms with Gasteiger partial charge in [-0.3, -0.25) is 24.1 Å². The minimum absolute atomic E-state index is 0.0658. The highest BCUT2D eigenvalue weighted by molar-refractivity contribution is 7.16. The minimum Gasteiger partial charge on any atom is -0.468 e. The lowest BCUT2D eigenvalue weighted by atomic mass is 10.1. The molecule has 0 saturated carbocycles. The fraction of sp³-hybridized carbons (Fsp3) is 0.261. The highest BCUT2D eigenvalue weighted by Gasteiger charge is 2.30. The van der Waals surface area contributed by atoms with Crippen LogP contribution in [0.3, 0.4) is 0 Å². The summed E-state index contributed by atoms with van der Waals surface area (Å²) >= 11 is 1.33. The molecule has 1 saturated heterocycles. The number of rotatable bonds is 4. The topological polar surface area (TPSA) is 98.0 Å². The third-order valence-corrected chi connectivity index (χ3v) is 6.48. The van der Waals surface area contributed by atoms with Crippen LogP contribution in [0.2, 0.25) is 0 Å². The lowest BCUT2D eigenvalue weighted by Gasteiger charge is -2.13. The monoisotopic (exact) mass is 451 g/mol. The van der Waals surface area contributed by atoms with Crippen LogP contribution in [0.15, 0.2) is 41.4 Å². The predicted octanol–water partition coefficient (Wildman–Crippen LogP) is 2.89. The molecule has 2 aromatic carbocycles. The van der Waals surface area contributed by atoms with E-state index >= 15 is 0 Å². The first-order chi connectivity index (χ1) is 15.3. The largest absolute Gasteiger partial charge is 0.468 e. The highest BCUT2D eigenvalue weighted by atomic mass is 32.1. The number of carbonyl (C=O) groups excluding carboxylic acids is 4. The number of aryl methyl sites for hydroxylation is 2. The van der Waals surface area contributed by atoms with Gasteiger partial charge in [0, 0.05) is 18.4 Å². The number of ether oxygens (including phenoxy) is 1. The second-order valence-corrected chi connectivity index (χ2v) is 8.54. The molecular formula is C23H21N3O5S. The Kier molecular flexibility index (Phi) is 5.75. The summed E-state index contributed by atoms with van der Waals surface area (Å²) in [5, 5.41) is 0. The maximum Gasteiger partial charge on any atom is 0.325 e. The van der Waals surface area contributed by atoms with Crippen molar-refractivity contribution in [2.45, 2.75) is 33.2 Å². The van der Waals surface area contributed by atoms with E-state index in [2.05, 4.69) is 4.99 Å². The molecule has 0 atom stereocenters.